The summed E-state index contributed by atoms with van der Waals surface area (Å²) in [5.41, 5.74) is 3.31. The summed E-state index contributed by atoms with van der Waals surface area (Å²) in [5, 5.41) is 15.3. The predicted octanol–water partition coefficient (Wildman–Crippen LogP) is 9.47. The van der Waals surface area contributed by atoms with Crippen LogP contribution in [0.1, 0.15) is 84.5 Å². The number of nitrogens with zero attached hydrogens (tertiary/aromatic N) is 4. The molecule has 0 radical (unpaired) electrons. The van der Waals surface area contributed by atoms with Crippen molar-refractivity contribution in [3.63, 3.8) is 0 Å². The average molecular weight is 796 g/mol. The number of pyridine rings is 2. The normalized spacial score (nSPS) is 15.4. The van der Waals surface area contributed by atoms with Crippen molar-refractivity contribution in [3.8, 4) is 22.8 Å². The van der Waals surface area contributed by atoms with Crippen LogP contribution in [-0.4, -0.2) is 51.8 Å². The van der Waals surface area contributed by atoms with E-state index in [1.807, 2.05) is 36.5 Å². The number of hydrogen-bond donors (Lipinski definition) is 3. The maximum Gasteiger partial charge on any atom is 0.416 e. The molecule has 3 heterocycles. The van der Waals surface area contributed by atoms with Crippen LogP contribution in [0.5, 0.6) is 11.5 Å². The molecule has 0 unspecified atom stereocenters. The second-order valence-corrected chi connectivity index (χ2v) is 14.3. The lowest BCUT2D eigenvalue weighted by Crippen LogP contribution is -2.39. The van der Waals surface area contributed by atoms with Crippen LogP contribution in [0.3, 0.4) is 0 Å². The number of benzene rings is 2. The minimum atomic E-state index is -4.58. The van der Waals surface area contributed by atoms with Gasteiger partial charge in [-0.05, 0) is 87.8 Å². The summed E-state index contributed by atoms with van der Waals surface area (Å²) in [6.07, 6.45) is 8.88. The van der Waals surface area contributed by atoms with Crippen molar-refractivity contribution in [1.29, 1.82) is 0 Å². The fraction of sp³-hybridized carbons (Fsp3) is 0.341. The number of nitrogens with one attached hydrogen (secondary N) is 3. The highest BCUT2D eigenvalue weighted by atomic mass is 19.4. The summed E-state index contributed by atoms with van der Waals surface area (Å²) in [4.78, 5) is 34.9. The Morgan fingerprint density at radius 1 is 0.966 bits per heavy atom. The summed E-state index contributed by atoms with van der Waals surface area (Å²) < 4.78 is 53.0. The molecule has 2 aromatic carbocycles. The lowest BCUT2D eigenvalue weighted by molar-refractivity contribution is -0.137. The number of allylic oxidation sites excluding steroid dienone is 2. The fourth-order valence-electron chi connectivity index (χ4n) is 7.35. The number of alkyl halides is 3. The summed E-state index contributed by atoms with van der Waals surface area (Å²) in [7, 11) is 3.20. The van der Waals surface area contributed by atoms with E-state index in [0.29, 0.717) is 54.4 Å². The number of aromatic nitrogens is 4. The van der Waals surface area contributed by atoms with Crippen molar-refractivity contribution in [2.45, 2.75) is 82.6 Å². The molecule has 1 saturated carbocycles. The molecule has 5 aromatic rings. The zero-order valence-corrected chi connectivity index (χ0v) is 32.7. The van der Waals surface area contributed by atoms with Crippen molar-refractivity contribution < 1.29 is 32.2 Å². The van der Waals surface area contributed by atoms with E-state index in [1.165, 1.54) is 0 Å². The Bertz CT molecular complexity index is 2250. The molecule has 3 N–H and O–H groups in total. The van der Waals surface area contributed by atoms with E-state index < -0.39 is 17.6 Å². The summed E-state index contributed by atoms with van der Waals surface area (Å²) >= 11 is 0. The van der Waals surface area contributed by atoms with Gasteiger partial charge in [0, 0.05) is 59.7 Å². The molecule has 14 heteroatoms. The third-order valence-corrected chi connectivity index (χ3v) is 10.3. The Morgan fingerprint density at radius 3 is 2.50 bits per heavy atom. The van der Waals surface area contributed by atoms with Crippen LogP contribution in [-0.2, 0) is 23.9 Å². The number of ether oxygens (including phenoxy) is 2. The number of anilines is 2. The van der Waals surface area contributed by atoms with Gasteiger partial charge < -0.3 is 25.4 Å². The molecule has 0 aliphatic heterocycles. The van der Waals surface area contributed by atoms with Crippen molar-refractivity contribution in [2.24, 2.45) is 0 Å². The lowest BCUT2D eigenvalue weighted by Gasteiger charge is -2.30. The first-order valence-electron chi connectivity index (χ1n) is 19.3. The van der Waals surface area contributed by atoms with Crippen molar-refractivity contribution >= 4 is 34.4 Å². The van der Waals surface area contributed by atoms with Gasteiger partial charge in [-0.15, -0.1) is 13.2 Å². The number of fused-ring (bicyclic) bond motifs is 1. The number of unbranched alkanes of at least 4 members (excludes halogenated alkanes) is 2. The monoisotopic (exact) mass is 795 g/mol. The van der Waals surface area contributed by atoms with E-state index in [2.05, 4.69) is 38.8 Å². The molecule has 1 aliphatic rings. The Hall–Kier alpha value is -6.18. The molecule has 0 spiro atoms. The highest BCUT2D eigenvalue weighted by Gasteiger charge is 2.32. The lowest BCUT2D eigenvalue weighted by atomic mass is 9.90. The summed E-state index contributed by atoms with van der Waals surface area (Å²) in [6.45, 7) is 8.14. The Kier molecular flexibility index (Phi) is 13.5. The van der Waals surface area contributed by atoms with Crippen LogP contribution in [0.2, 0.25) is 0 Å². The van der Waals surface area contributed by atoms with Crippen molar-refractivity contribution in [1.82, 2.24) is 25.1 Å². The Balaban J connectivity index is 1.37. The molecule has 58 heavy (non-hydrogen) atoms. The van der Waals surface area contributed by atoms with Gasteiger partial charge in [-0.25, -0.2) is 9.97 Å². The predicted molar refractivity (Wildman–Crippen MR) is 219 cm³/mol. The number of methoxy groups -OCH3 is 2. The molecule has 0 saturated heterocycles. The Labute approximate surface area is 335 Å². The number of hydrogen-bond acceptors (Lipinski definition) is 8. The van der Waals surface area contributed by atoms with Crippen LogP contribution in [0, 0.1) is 0 Å². The third kappa shape index (κ3) is 9.85. The van der Waals surface area contributed by atoms with Gasteiger partial charge >= 0.3 is 6.18 Å². The zero-order chi connectivity index (χ0) is 41.2. The van der Waals surface area contributed by atoms with E-state index in [0.717, 1.165) is 78.9 Å². The van der Waals surface area contributed by atoms with Crippen LogP contribution >= 0.6 is 0 Å². The van der Waals surface area contributed by atoms with E-state index in [4.69, 9.17) is 19.6 Å². The van der Waals surface area contributed by atoms with Gasteiger partial charge in [0.1, 0.15) is 28.8 Å². The first-order valence-corrected chi connectivity index (χ1v) is 19.3. The maximum absolute atomic E-state index is 13.3. The zero-order valence-electron chi connectivity index (χ0n) is 32.7. The second kappa shape index (κ2) is 18.8. The van der Waals surface area contributed by atoms with Crippen LogP contribution < -0.4 is 25.4 Å². The average Bonchev–Trinajstić information content (AvgIpc) is 3.63. The van der Waals surface area contributed by atoms with E-state index >= 15 is 0 Å². The topological polar surface area (TPSA) is 132 Å². The first kappa shape index (κ1) is 41.5. The van der Waals surface area contributed by atoms with Gasteiger partial charge in [-0.2, -0.15) is 18.3 Å². The molecule has 1 aliphatic carbocycles. The highest BCUT2D eigenvalue weighted by molar-refractivity contribution is 6.05. The van der Waals surface area contributed by atoms with Crippen LogP contribution in [0.25, 0.3) is 22.2 Å². The van der Waals surface area contributed by atoms with Crippen molar-refractivity contribution in [3.05, 3.63) is 115 Å². The molecular formula is C44H48F3N7O4. The van der Waals surface area contributed by atoms with Gasteiger partial charge in [-0.1, -0.05) is 24.3 Å². The van der Waals surface area contributed by atoms with Gasteiger partial charge in [0.2, 0.25) is 5.91 Å². The summed E-state index contributed by atoms with van der Waals surface area (Å²) in [6, 6.07) is 13.9. The quantitative estimate of drug-likeness (QED) is 0.0627. The smallest absolute Gasteiger partial charge is 0.416 e. The van der Waals surface area contributed by atoms with Gasteiger partial charge in [0.25, 0.3) is 5.91 Å². The Morgan fingerprint density at radius 2 is 1.78 bits per heavy atom. The summed E-state index contributed by atoms with van der Waals surface area (Å²) in [5.74, 6) is 1.11. The van der Waals surface area contributed by atoms with Crippen LogP contribution in [0.4, 0.5) is 24.8 Å². The van der Waals surface area contributed by atoms with E-state index in [-0.39, 0.29) is 29.4 Å². The number of carbonyl (C=O) groups excluding carboxylic acids is 2. The highest BCUT2D eigenvalue weighted by Crippen LogP contribution is 2.40. The molecule has 304 valence electrons. The largest absolute Gasteiger partial charge is 0.497 e. The third-order valence-electron chi connectivity index (χ3n) is 10.3. The molecule has 11 nitrogen and oxygen atoms in total. The number of rotatable bonds is 17. The number of amides is 2. The van der Waals surface area contributed by atoms with Crippen LogP contribution in [0.15, 0.2) is 92.3 Å². The second-order valence-electron chi connectivity index (χ2n) is 14.3. The van der Waals surface area contributed by atoms with E-state index in [1.54, 1.807) is 38.5 Å². The van der Waals surface area contributed by atoms with Crippen molar-refractivity contribution in [2.75, 3.05) is 24.9 Å². The van der Waals surface area contributed by atoms with E-state index in [9.17, 15) is 22.8 Å². The van der Waals surface area contributed by atoms with Gasteiger partial charge in [0.15, 0.2) is 0 Å². The maximum atomic E-state index is 13.3. The molecule has 2 amide bonds. The number of carbonyl (C=O) groups is 2. The minimum Gasteiger partial charge on any atom is -0.497 e. The van der Waals surface area contributed by atoms with Gasteiger partial charge in [0.05, 0.1) is 36.7 Å². The molecule has 3 aromatic heterocycles. The number of halogens is 3. The fourth-order valence-corrected chi connectivity index (χ4v) is 7.35. The molecular weight excluding hydrogens is 748 g/mol. The molecule has 6 rings (SSSR count). The molecule has 0 bridgehead atoms. The molecule has 1 fully saturated rings. The standard InChI is InChI=1S/C44H48F3N7O4/c1-5-7-8-9-14-38(55)51-33-12-10-13-34(24-33)54-41-31(11-6-2)27-50-42(49-26-30-19-20-35(57-3)25-36(30)58-4)39(41)40(53-54)28-15-17-29(18-16-28)43(56)52-37-23-32(21-22-48-37)44(45,46)47/h5-6,15-23,25,27,33-34H,1-2,7-14,24,26H2,3-4H3,(H,49,50)(H,51,55)(H,48,52,56)/t33-,34-/m1/s1. The SMILES string of the molecule is C=CCCCCC(=O)N[C@@H]1CCC[C@@H](n2nc(-c3ccc(C(=O)Nc4cc(C(F)(F)F)ccn4)cc3)c3c(NCc4ccc(OC)cc4OC)ncc(CC=C)c32)C1. The first-order chi connectivity index (χ1) is 28.0. The van der Waals surface area contributed by atoms with Gasteiger partial charge in [-0.3, -0.25) is 14.3 Å². The minimum absolute atomic E-state index is 0.0118. The molecule has 2 atom stereocenters.